The standard InChI is InChI=1S/C18H21NOS/c1-18(2,3)14-10-8-13(9-11-14)12-20-16-7-5-4-6-15(16)17(19)21/h4-11H,12H2,1-3H3,(H2,19,21). The topological polar surface area (TPSA) is 35.2 Å². The minimum atomic E-state index is 0.164. The van der Waals surface area contributed by atoms with Gasteiger partial charge in [-0.2, -0.15) is 0 Å². The minimum absolute atomic E-state index is 0.164. The highest BCUT2D eigenvalue weighted by molar-refractivity contribution is 7.80. The number of nitrogens with two attached hydrogens (primary N) is 1. The second-order valence-electron chi connectivity index (χ2n) is 6.10. The third kappa shape index (κ3) is 4.05. The van der Waals surface area contributed by atoms with E-state index in [2.05, 4.69) is 45.0 Å². The zero-order valence-corrected chi connectivity index (χ0v) is 13.5. The second-order valence-corrected chi connectivity index (χ2v) is 6.54. The first kappa shape index (κ1) is 15.5. The van der Waals surface area contributed by atoms with Crippen LogP contribution >= 0.6 is 12.2 Å². The van der Waals surface area contributed by atoms with Gasteiger partial charge in [0.2, 0.25) is 0 Å². The Kier molecular flexibility index (Phi) is 4.63. The van der Waals surface area contributed by atoms with E-state index in [1.54, 1.807) is 0 Å². The van der Waals surface area contributed by atoms with Gasteiger partial charge < -0.3 is 10.5 Å². The van der Waals surface area contributed by atoms with Crippen molar-refractivity contribution < 1.29 is 4.74 Å². The van der Waals surface area contributed by atoms with Gasteiger partial charge in [0, 0.05) is 0 Å². The molecule has 21 heavy (non-hydrogen) atoms. The smallest absolute Gasteiger partial charge is 0.129 e. The molecule has 2 aromatic carbocycles. The molecule has 0 heterocycles. The van der Waals surface area contributed by atoms with Crippen LogP contribution in [0.2, 0.25) is 0 Å². The van der Waals surface area contributed by atoms with Crippen LogP contribution in [0.25, 0.3) is 0 Å². The van der Waals surface area contributed by atoms with Crippen molar-refractivity contribution >= 4 is 17.2 Å². The largest absolute Gasteiger partial charge is 0.488 e. The molecule has 2 N–H and O–H groups in total. The number of thiocarbonyl (C=S) groups is 1. The SMILES string of the molecule is CC(C)(C)c1ccc(COc2ccccc2C(N)=S)cc1. The van der Waals surface area contributed by atoms with Gasteiger partial charge in [-0.05, 0) is 28.7 Å². The van der Waals surface area contributed by atoms with E-state index >= 15 is 0 Å². The maximum absolute atomic E-state index is 5.84. The molecule has 0 aliphatic rings. The lowest BCUT2D eigenvalue weighted by atomic mass is 9.87. The van der Waals surface area contributed by atoms with E-state index in [0.29, 0.717) is 11.6 Å². The molecule has 0 bridgehead atoms. The van der Waals surface area contributed by atoms with Crippen molar-refractivity contribution in [2.45, 2.75) is 32.8 Å². The van der Waals surface area contributed by atoms with E-state index in [1.165, 1.54) is 5.56 Å². The van der Waals surface area contributed by atoms with Crippen molar-refractivity contribution in [3.8, 4) is 5.75 Å². The van der Waals surface area contributed by atoms with Crippen molar-refractivity contribution in [2.24, 2.45) is 5.73 Å². The molecule has 2 nitrogen and oxygen atoms in total. The van der Waals surface area contributed by atoms with Gasteiger partial charge in [-0.25, -0.2) is 0 Å². The summed E-state index contributed by atoms with van der Waals surface area (Å²) in [5, 5.41) is 0. The number of ether oxygens (including phenoxy) is 1. The second kappa shape index (κ2) is 6.27. The lowest BCUT2D eigenvalue weighted by molar-refractivity contribution is 0.305. The minimum Gasteiger partial charge on any atom is -0.488 e. The monoisotopic (exact) mass is 299 g/mol. The lowest BCUT2D eigenvalue weighted by Gasteiger charge is -2.19. The summed E-state index contributed by atoms with van der Waals surface area (Å²) < 4.78 is 5.84. The Labute approximate surface area is 131 Å². The van der Waals surface area contributed by atoms with Crippen LogP contribution < -0.4 is 10.5 Å². The Morgan fingerprint density at radius 3 is 2.24 bits per heavy atom. The summed E-state index contributed by atoms with van der Waals surface area (Å²) in [6, 6.07) is 16.1. The molecule has 0 spiro atoms. The van der Waals surface area contributed by atoms with Crippen molar-refractivity contribution in [1.82, 2.24) is 0 Å². The Morgan fingerprint density at radius 2 is 1.67 bits per heavy atom. The van der Waals surface area contributed by atoms with Crippen molar-refractivity contribution in [3.63, 3.8) is 0 Å². The highest BCUT2D eigenvalue weighted by Gasteiger charge is 2.13. The normalized spacial score (nSPS) is 11.2. The van der Waals surface area contributed by atoms with Gasteiger partial charge in [0.05, 0.1) is 5.56 Å². The molecule has 0 amide bonds. The van der Waals surface area contributed by atoms with Gasteiger partial charge in [0.1, 0.15) is 17.3 Å². The van der Waals surface area contributed by atoms with E-state index in [-0.39, 0.29) is 5.41 Å². The molecule has 0 saturated heterocycles. The van der Waals surface area contributed by atoms with Crippen LogP contribution in [0, 0.1) is 0 Å². The number of rotatable bonds is 4. The molecular formula is C18H21NOS. The number of benzene rings is 2. The fraction of sp³-hybridized carbons (Fsp3) is 0.278. The third-order valence-electron chi connectivity index (χ3n) is 3.37. The van der Waals surface area contributed by atoms with Gasteiger partial charge in [-0.1, -0.05) is 69.4 Å². The number of hydrogen-bond acceptors (Lipinski definition) is 2. The Hall–Kier alpha value is -1.87. The van der Waals surface area contributed by atoms with Crippen LogP contribution in [0.4, 0.5) is 0 Å². The maximum Gasteiger partial charge on any atom is 0.129 e. The summed E-state index contributed by atoms with van der Waals surface area (Å²) in [4.78, 5) is 0.355. The van der Waals surface area contributed by atoms with Crippen LogP contribution in [0.3, 0.4) is 0 Å². The average Bonchev–Trinajstić information content (AvgIpc) is 2.45. The number of para-hydroxylation sites is 1. The quantitative estimate of drug-likeness (QED) is 0.859. The molecule has 0 saturated carbocycles. The van der Waals surface area contributed by atoms with E-state index < -0.39 is 0 Å². The molecule has 2 rings (SSSR count). The molecule has 0 fully saturated rings. The molecule has 0 aliphatic heterocycles. The summed E-state index contributed by atoms with van der Waals surface area (Å²) in [5.74, 6) is 0.727. The van der Waals surface area contributed by atoms with E-state index in [0.717, 1.165) is 16.9 Å². The fourth-order valence-corrected chi connectivity index (χ4v) is 2.23. The van der Waals surface area contributed by atoms with Crippen LogP contribution in [0.15, 0.2) is 48.5 Å². The molecular weight excluding hydrogens is 278 g/mol. The van der Waals surface area contributed by atoms with Gasteiger partial charge in [0.25, 0.3) is 0 Å². The first-order valence-corrected chi connectivity index (χ1v) is 7.40. The molecule has 0 aromatic heterocycles. The summed E-state index contributed by atoms with van der Waals surface area (Å²) in [7, 11) is 0. The van der Waals surface area contributed by atoms with Gasteiger partial charge in [-0.3, -0.25) is 0 Å². The van der Waals surface area contributed by atoms with E-state index in [9.17, 15) is 0 Å². The maximum atomic E-state index is 5.84. The van der Waals surface area contributed by atoms with Gasteiger partial charge >= 0.3 is 0 Å². The summed E-state index contributed by atoms with van der Waals surface area (Å²) in [5.41, 5.74) is 9.08. The summed E-state index contributed by atoms with van der Waals surface area (Å²) in [6.45, 7) is 7.12. The fourth-order valence-electron chi connectivity index (χ4n) is 2.06. The summed E-state index contributed by atoms with van der Waals surface area (Å²) in [6.07, 6.45) is 0. The average molecular weight is 299 g/mol. The zero-order valence-electron chi connectivity index (χ0n) is 12.7. The summed E-state index contributed by atoms with van der Waals surface area (Å²) >= 11 is 5.04. The van der Waals surface area contributed by atoms with Gasteiger partial charge in [0.15, 0.2) is 0 Å². The predicted molar refractivity (Wildman–Crippen MR) is 91.8 cm³/mol. The van der Waals surface area contributed by atoms with Crippen molar-refractivity contribution in [2.75, 3.05) is 0 Å². The highest BCUT2D eigenvalue weighted by atomic mass is 32.1. The third-order valence-corrected chi connectivity index (χ3v) is 3.59. The molecule has 2 aromatic rings. The molecule has 0 unspecified atom stereocenters. The Balaban J connectivity index is 2.09. The molecule has 0 atom stereocenters. The van der Waals surface area contributed by atoms with E-state index in [4.69, 9.17) is 22.7 Å². The molecule has 0 radical (unpaired) electrons. The van der Waals surface area contributed by atoms with Crippen LogP contribution in [0.5, 0.6) is 5.75 Å². The Morgan fingerprint density at radius 1 is 1.05 bits per heavy atom. The van der Waals surface area contributed by atoms with Crippen molar-refractivity contribution in [3.05, 3.63) is 65.2 Å². The van der Waals surface area contributed by atoms with Gasteiger partial charge in [-0.15, -0.1) is 0 Å². The van der Waals surface area contributed by atoms with Crippen LogP contribution in [-0.4, -0.2) is 4.99 Å². The zero-order chi connectivity index (χ0) is 15.5. The van der Waals surface area contributed by atoms with Crippen molar-refractivity contribution in [1.29, 1.82) is 0 Å². The Bertz CT molecular complexity index is 626. The molecule has 0 aliphatic carbocycles. The first-order chi connectivity index (χ1) is 9.88. The lowest BCUT2D eigenvalue weighted by Crippen LogP contribution is -2.12. The van der Waals surface area contributed by atoms with Crippen LogP contribution in [-0.2, 0) is 12.0 Å². The molecule has 3 heteroatoms. The highest BCUT2D eigenvalue weighted by Crippen LogP contribution is 2.23. The number of hydrogen-bond donors (Lipinski definition) is 1. The first-order valence-electron chi connectivity index (χ1n) is 6.99. The van der Waals surface area contributed by atoms with E-state index in [1.807, 2.05) is 24.3 Å². The van der Waals surface area contributed by atoms with Crippen LogP contribution in [0.1, 0.15) is 37.5 Å². The predicted octanol–water partition coefficient (Wildman–Crippen LogP) is 4.20. The molecule has 110 valence electrons.